The predicted molar refractivity (Wildman–Crippen MR) is 123 cm³/mol. The SMILES string of the molecule is C[C@H](C(=O)NCc1ccc(CN2CCOCC2)cc1)N(c1cccc(C(F)(F)F)c1)S(C)(=O)=O. The number of hydrogen-bond donors (Lipinski definition) is 1. The first-order valence-electron chi connectivity index (χ1n) is 10.8. The average Bonchev–Trinajstić information content (AvgIpc) is 2.78. The number of rotatable bonds is 8. The molecule has 0 saturated carbocycles. The fourth-order valence-corrected chi connectivity index (χ4v) is 4.91. The van der Waals surface area contributed by atoms with Gasteiger partial charge < -0.3 is 10.1 Å². The van der Waals surface area contributed by atoms with Gasteiger partial charge in [0.15, 0.2) is 0 Å². The highest BCUT2D eigenvalue weighted by atomic mass is 32.2. The second kappa shape index (κ2) is 10.7. The van der Waals surface area contributed by atoms with Crippen LogP contribution in [0.4, 0.5) is 18.9 Å². The molecule has 7 nitrogen and oxygen atoms in total. The molecule has 0 spiro atoms. The minimum atomic E-state index is -4.64. The number of amides is 1. The molecule has 0 aliphatic carbocycles. The summed E-state index contributed by atoms with van der Waals surface area (Å²) in [6, 6.07) is 10.3. The van der Waals surface area contributed by atoms with Crippen molar-refractivity contribution in [3.63, 3.8) is 0 Å². The van der Waals surface area contributed by atoms with Crippen molar-refractivity contribution in [2.75, 3.05) is 36.9 Å². The molecule has 34 heavy (non-hydrogen) atoms. The molecule has 0 aromatic heterocycles. The normalized spacial score (nSPS) is 16.1. The lowest BCUT2D eigenvalue weighted by Crippen LogP contribution is -2.47. The third-order valence-corrected chi connectivity index (χ3v) is 6.76. The summed E-state index contributed by atoms with van der Waals surface area (Å²) in [6.45, 7) is 5.47. The van der Waals surface area contributed by atoms with Gasteiger partial charge in [0.1, 0.15) is 6.04 Å². The van der Waals surface area contributed by atoms with Gasteiger partial charge in [0.05, 0.1) is 30.7 Å². The van der Waals surface area contributed by atoms with Crippen LogP contribution in [0, 0.1) is 0 Å². The molecule has 1 amide bonds. The van der Waals surface area contributed by atoms with E-state index in [1.165, 1.54) is 13.0 Å². The van der Waals surface area contributed by atoms with E-state index in [4.69, 9.17) is 4.74 Å². The van der Waals surface area contributed by atoms with E-state index in [0.29, 0.717) is 17.5 Å². The lowest BCUT2D eigenvalue weighted by molar-refractivity contribution is -0.137. The standard InChI is InChI=1S/C23H28F3N3O4S/c1-17(29(34(2,31)32)21-5-3-4-20(14-21)23(24,25)26)22(30)27-15-18-6-8-19(9-7-18)16-28-10-12-33-13-11-28/h3-9,14,17H,10-13,15-16H2,1-2H3,(H,27,30)/t17-/m1/s1. The largest absolute Gasteiger partial charge is 0.416 e. The Balaban J connectivity index is 1.66. The van der Waals surface area contributed by atoms with Gasteiger partial charge in [0.2, 0.25) is 15.9 Å². The minimum Gasteiger partial charge on any atom is -0.379 e. The van der Waals surface area contributed by atoms with Gasteiger partial charge in [-0.1, -0.05) is 30.3 Å². The summed E-state index contributed by atoms with van der Waals surface area (Å²) in [6.07, 6.45) is -3.79. The Labute approximate surface area is 197 Å². The molecule has 1 atom stereocenters. The number of nitrogens with one attached hydrogen (secondary N) is 1. The average molecular weight is 500 g/mol. The Bertz CT molecular complexity index is 1090. The van der Waals surface area contributed by atoms with Crippen LogP contribution in [0.25, 0.3) is 0 Å². The van der Waals surface area contributed by atoms with E-state index in [1.807, 2.05) is 24.3 Å². The Kier molecular flexibility index (Phi) is 8.21. The zero-order valence-corrected chi connectivity index (χ0v) is 19.8. The highest BCUT2D eigenvalue weighted by molar-refractivity contribution is 7.92. The Morgan fingerprint density at radius 3 is 2.32 bits per heavy atom. The summed E-state index contributed by atoms with van der Waals surface area (Å²) in [5.74, 6) is -0.625. The van der Waals surface area contributed by atoms with Crippen LogP contribution in [0.15, 0.2) is 48.5 Å². The van der Waals surface area contributed by atoms with Gasteiger partial charge in [-0.25, -0.2) is 8.42 Å². The fourth-order valence-electron chi connectivity index (χ4n) is 3.74. The van der Waals surface area contributed by atoms with E-state index in [9.17, 15) is 26.4 Å². The Morgan fingerprint density at radius 2 is 1.74 bits per heavy atom. The fraction of sp³-hybridized carbons (Fsp3) is 0.435. The minimum absolute atomic E-state index is 0.154. The number of morpholine rings is 1. The highest BCUT2D eigenvalue weighted by Gasteiger charge is 2.34. The molecular weight excluding hydrogens is 471 g/mol. The number of halogens is 3. The van der Waals surface area contributed by atoms with E-state index < -0.39 is 33.7 Å². The van der Waals surface area contributed by atoms with Gasteiger partial charge in [-0.2, -0.15) is 13.2 Å². The summed E-state index contributed by atoms with van der Waals surface area (Å²) in [5.41, 5.74) is 0.713. The van der Waals surface area contributed by atoms with Gasteiger partial charge in [0, 0.05) is 26.2 Å². The number of benzene rings is 2. The zero-order chi connectivity index (χ0) is 24.9. The zero-order valence-electron chi connectivity index (χ0n) is 19.0. The third kappa shape index (κ3) is 6.94. The number of carbonyl (C=O) groups is 1. The summed E-state index contributed by atoms with van der Waals surface area (Å²) in [5, 5.41) is 2.67. The number of anilines is 1. The van der Waals surface area contributed by atoms with E-state index in [2.05, 4.69) is 10.2 Å². The van der Waals surface area contributed by atoms with Crippen LogP contribution < -0.4 is 9.62 Å². The van der Waals surface area contributed by atoms with E-state index in [1.54, 1.807) is 0 Å². The molecule has 11 heteroatoms. The lowest BCUT2D eigenvalue weighted by Gasteiger charge is -2.28. The number of carbonyl (C=O) groups excluding carboxylic acids is 1. The molecule has 186 valence electrons. The Morgan fingerprint density at radius 1 is 1.12 bits per heavy atom. The van der Waals surface area contributed by atoms with Crippen LogP contribution in [0.5, 0.6) is 0 Å². The summed E-state index contributed by atoms with van der Waals surface area (Å²) < 4.78 is 70.1. The van der Waals surface area contributed by atoms with Crippen molar-refractivity contribution in [2.24, 2.45) is 0 Å². The predicted octanol–water partition coefficient (Wildman–Crippen LogP) is 3.01. The molecule has 1 fully saturated rings. The molecular formula is C23H28F3N3O4S. The summed E-state index contributed by atoms with van der Waals surface area (Å²) in [4.78, 5) is 15.0. The van der Waals surface area contributed by atoms with Crippen LogP contribution in [-0.4, -0.2) is 57.8 Å². The van der Waals surface area contributed by atoms with Crippen LogP contribution in [0.2, 0.25) is 0 Å². The maximum absolute atomic E-state index is 13.1. The van der Waals surface area contributed by atoms with Gasteiger partial charge in [-0.3, -0.25) is 14.0 Å². The maximum atomic E-state index is 13.1. The third-order valence-electron chi connectivity index (χ3n) is 5.52. The van der Waals surface area contributed by atoms with Gasteiger partial charge in [0.25, 0.3) is 0 Å². The number of alkyl halides is 3. The maximum Gasteiger partial charge on any atom is 0.416 e. The van der Waals surface area contributed by atoms with Crippen LogP contribution >= 0.6 is 0 Å². The lowest BCUT2D eigenvalue weighted by atomic mass is 10.1. The molecule has 0 bridgehead atoms. The second-order valence-corrected chi connectivity index (χ2v) is 10.1. The van der Waals surface area contributed by atoms with E-state index in [0.717, 1.165) is 55.2 Å². The number of nitrogens with zero attached hydrogens (tertiary/aromatic N) is 2. The molecule has 1 aliphatic heterocycles. The molecule has 3 rings (SSSR count). The van der Waals surface area contributed by atoms with Crippen molar-refractivity contribution in [3.8, 4) is 0 Å². The quantitative estimate of drug-likeness (QED) is 0.604. The van der Waals surface area contributed by atoms with Crippen molar-refractivity contribution >= 4 is 21.6 Å². The smallest absolute Gasteiger partial charge is 0.379 e. The summed E-state index contributed by atoms with van der Waals surface area (Å²) >= 11 is 0. The number of ether oxygens (including phenoxy) is 1. The van der Waals surface area contributed by atoms with Crippen LogP contribution in [0.3, 0.4) is 0 Å². The van der Waals surface area contributed by atoms with Crippen molar-refractivity contribution in [3.05, 3.63) is 65.2 Å². The Hall–Kier alpha value is -2.63. The first-order valence-corrected chi connectivity index (χ1v) is 12.6. The molecule has 0 unspecified atom stereocenters. The first kappa shape index (κ1) is 26.0. The van der Waals surface area contributed by atoms with Crippen molar-refractivity contribution in [1.82, 2.24) is 10.2 Å². The van der Waals surface area contributed by atoms with Crippen molar-refractivity contribution in [2.45, 2.75) is 32.2 Å². The van der Waals surface area contributed by atoms with Crippen molar-refractivity contribution < 1.29 is 31.1 Å². The monoisotopic (exact) mass is 499 g/mol. The molecule has 2 aromatic rings. The molecule has 1 heterocycles. The molecule has 1 aliphatic rings. The molecule has 1 N–H and O–H groups in total. The van der Waals surface area contributed by atoms with Crippen molar-refractivity contribution in [1.29, 1.82) is 0 Å². The second-order valence-electron chi connectivity index (χ2n) is 8.21. The van der Waals surface area contributed by atoms with Crippen LogP contribution in [0.1, 0.15) is 23.6 Å². The molecule has 2 aromatic carbocycles. The van der Waals surface area contributed by atoms with Gasteiger partial charge in [-0.05, 0) is 36.2 Å². The highest BCUT2D eigenvalue weighted by Crippen LogP contribution is 2.32. The molecule has 0 radical (unpaired) electrons. The van der Waals surface area contributed by atoms with E-state index in [-0.39, 0.29) is 12.2 Å². The van der Waals surface area contributed by atoms with Gasteiger partial charge >= 0.3 is 6.18 Å². The first-order chi connectivity index (χ1) is 15.9. The van der Waals surface area contributed by atoms with Gasteiger partial charge in [-0.15, -0.1) is 0 Å². The summed E-state index contributed by atoms with van der Waals surface area (Å²) in [7, 11) is -4.04. The number of sulfonamides is 1. The number of hydrogen-bond acceptors (Lipinski definition) is 5. The molecule has 1 saturated heterocycles. The topological polar surface area (TPSA) is 79.0 Å². The van der Waals surface area contributed by atoms with E-state index >= 15 is 0 Å². The van der Waals surface area contributed by atoms with Crippen LogP contribution in [-0.2, 0) is 38.8 Å².